The smallest absolute Gasteiger partial charge is 0.252 e. The summed E-state index contributed by atoms with van der Waals surface area (Å²) < 4.78 is 18.3. The lowest BCUT2D eigenvalue weighted by atomic mass is 10.1. The summed E-state index contributed by atoms with van der Waals surface area (Å²) in [4.78, 5) is 26.4. The van der Waals surface area contributed by atoms with Gasteiger partial charge in [-0.25, -0.2) is 4.39 Å². The summed E-state index contributed by atoms with van der Waals surface area (Å²) >= 11 is 0. The van der Waals surface area contributed by atoms with Crippen LogP contribution in [0, 0.1) is 5.82 Å². The summed E-state index contributed by atoms with van der Waals surface area (Å²) in [7, 11) is 0. The van der Waals surface area contributed by atoms with E-state index in [0.29, 0.717) is 11.1 Å². The molecule has 23 heavy (non-hydrogen) atoms. The number of benzene rings is 1. The Morgan fingerprint density at radius 1 is 1.35 bits per heavy atom. The van der Waals surface area contributed by atoms with Crippen molar-refractivity contribution in [3.8, 4) is 0 Å². The molecule has 0 aliphatic carbocycles. The third-order valence-electron chi connectivity index (χ3n) is 3.38. The first kappa shape index (κ1) is 15.0. The zero-order valence-corrected chi connectivity index (χ0v) is 11.9. The van der Waals surface area contributed by atoms with Crippen molar-refractivity contribution >= 4 is 16.8 Å². The van der Waals surface area contributed by atoms with Crippen molar-refractivity contribution in [2.45, 2.75) is 6.10 Å². The number of H-pyrrole nitrogens is 1. The second-order valence-electron chi connectivity index (χ2n) is 4.98. The lowest BCUT2D eigenvalue weighted by Gasteiger charge is -2.11. The van der Waals surface area contributed by atoms with E-state index in [2.05, 4.69) is 10.3 Å². The SMILES string of the molecule is O=C(NCC(O)c1ccco1)c1cc(=O)[nH]c2cc(F)ccc12. The Hall–Kier alpha value is -2.93. The largest absolute Gasteiger partial charge is 0.467 e. The molecule has 3 rings (SSSR count). The number of halogens is 1. The summed E-state index contributed by atoms with van der Waals surface area (Å²) in [6.45, 7) is -0.0815. The quantitative estimate of drug-likeness (QED) is 0.683. The highest BCUT2D eigenvalue weighted by atomic mass is 19.1. The van der Waals surface area contributed by atoms with Crippen LogP contribution >= 0.6 is 0 Å². The first-order valence-electron chi connectivity index (χ1n) is 6.87. The van der Waals surface area contributed by atoms with Crippen LogP contribution < -0.4 is 10.9 Å². The number of amides is 1. The Morgan fingerprint density at radius 2 is 2.17 bits per heavy atom. The molecule has 0 saturated carbocycles. The van der Waals surface area contributed by atoms with Crippen LogP contribution in [0.1, 0.15) is 22.2 Å². The molecule has 6 nitrogen and oxygen atoms in total. The van der Waals surface area contributed by atoms with Gasteiger partial charge in [-0.05, 0) is 30.3 Å². The Bertz CT molecular complexity index is 902. The second-order valence-corrected chi connectivity index (χ2v) is 4.98. The number of aliphatic hydroxyl groups excluding tert-OH is 1. The molecule has 2 aromatic heterocycles. The van der Waals surface area contributed by atoms with E-state index in [1.165, 1.54) is 18.4 Å². The molecule has 2 heterocycles. The summed E-state index contributed by atoms with van der Waals surface area (Å²) in [6, 6.07) is 8.11. The van der Waals surface area contributed by atoms with Crippen LogP contribution in [0.25, 0.3) is 10.9 Å². The fourth-order valence-corrected chi connectivity index (χ4v) is 2.29. The fraction of sp³-hybridized carbons (Fsp3) is 0.125. The first-order chi connectivity index (χ1) is 11.0. The molecule has 0 saturated heterocycles. The minimum Gasteiger partial charge on any atom is -0.467 e. The Morgan fingerprint density at radius 3 is 2.91 bits per heavy atom. The van der Waals surface area contributed by atoms with Gasteiger partial charge in [-0.15, -0.1) is 0 Å². The highest BCUT2D eigenvalue weighted by Crippen LogP contribution is 2.17. The van der Waals surface area contributed by atoms with Crippen molar-refractivity contribution in [2.24, 2.45) is 0 Å². The monoisotopic (exact) mass is 316 g/mol. The van der Waals surface area contributed by atoms with Gasteiger partial charge < -0.3 is 19.8 Å². The average molecular weight is 316 g/mol. The number of aromatic nitrogens is 1. The summed E-state index contributed by atoms with van der Waals surface area (Å²) in [5.41, 5.74) is -0.176. The van der Waals surface area contributed by atoms with Crippen molar-refractivity contribution in [3.63, 3.8) is 0 Å². The van der Waals surface area contributed by atoms with Crippen LogP contribution in [-0.4, -0.2) is 22.5 Å². The van der Waals surface area contributed by atoms with Gasteiger partial charge in [-0.3, -0.25) is 9.59 Å². The van der Waals surface area contributed by atoms with Crippen LogP contribution in [0.15, 0.2) is 51.9 Å². The third kappa shape index (κ3) is 3.14. The number of rotatable bonds is 4. The van der Waals surface area contributed by atoms with E-state index >= 15 is 0 Å². The van der Waals surface area contributed by atoms with Crippen LogP contribution in [0.3, 0.4) is 0 Å². The maximum Gasteiger partial charge on any atom is 0.252 e. The van der Waals surface area contributed by atoms with E-state index in [9.17, 15) is 19.1 Å². The van der Waals surface area contributed by atoms with Crippen LogP contribution in [0.4, 0.5) is 4.39 Å². The molecule has 1 atom stereocenters. The number of aliphatic hydroxyl groups is 1. The van der Waals surface area contributed by atoms with Gasteiger partial charge in [0.2, 0.25) is 5.56 Å². The van der Waals surface area contributed by atoms with Crippen LogP contribution in [0.2, 0.25) is 0 Å². The number of pyridine rings is 1. The van der Waals surface area contributed by atoms with Crippen LogP contribution in [-0.2, 0) is 0 Å². The molecule has 0 bridgehead atoms. The van der Waals surface area contributed by atoms with Crippen molar-refractivity contribution in [2.75, 3.05) is 6.54 Å². The maximum absolute atomic E-state index is 13.2. The number of aromatic amines is 1. The number of furan rings is 1. The zero-order valence-electron chi connectivity index (χ0n) is 11.9. The predicted octanol–water partition coefficient (Wildman–Crippen LogP) is 1.72. The molecule has 1 aromatic carbocycles. The lowest BCUT2D eigenvalue weighted by Crippen LogP contribution is -2.29. The highest BCUT2D eigenvalue weighted by molar-refractivity contribution is 6.05. The van der Waals surface area contributed by atoms with Gasteiger partial charge in [0.05, 0.1) is 23.9 Å². The third-order valence-corrected chi connectivity index (χ3v) is 3.38. The number of fused-ring (bicyclic) bond motifs is 1. The van der Waals surface area contributed by atoms with Crippen molar-refractivity contribution < 1.29 is 18.7 Å². The van der Waals surface area contributed by atoms with Gasteiger partial charge in [-0.1, -0.05) is 0 Å². The molecule has 0 aliphatic rings. The molecular formula is C16H13FN2O4. The van der Waals surface area contributed by atoms with E-state index in [4.69, 9.17) is 4.42 Å². The molecule has 0 aliphatic heterocycles. The molecular weight excluding hydrogens is 303 g/mol. The Labute approximate surface area is 129 Å². The zero-order chi connectivity index (χ0) is 16.4. The van der Waals surface area contributed by atoms with Crippen molar-refractivity contribution in [1.29, 1.82) is 0 Å². The normalized spacial score (nSPS) is 12.3. The van der Waals surface area contributed by atoms with E-state index in [-0.39, 0.29) is 17.6 Å². The van der Waals surface area contributed by atoms with E-state index in [1.54, 1.807) is 12.1 Å². The van der Waals surface area contributed by atoms with E-state index in [0.717, 1.165) is 12.1 Å². The number of hydrogen-bond acceptors (Lipinski definition) is 4. The minimum atomic E-state index is -1.00. The first-order valence-corrected chi connectivity index (χ1v) is 6.87. The molecule has 1 unspecified atom stereocenters. The molecule has 0 fully saturated rings. The van der Waals surface area contributed by atoms with Gasteiger partial charge >= 0.3 is 0 Å². The van der Waals surface area contributed by atoms with E-state index in [1.807, 2.05) is 0 Å². The summed E-state index contributed by atoms with van der Waals surface area (Å²) in [5, 5.41) is 12.8. The molecule has 0 radical (unpaired) electrons. The molecule has 3 N–H and O–H groups in total. The van der Waals surface area contributed by atoms with E-state index < -0.39 is 23.4 Å². The topological polar surface area (TPSA) is 95.3 Å². The summed E-state index contributed by atoms with van der Waals surface area (Å²) in [6.07, 6.45) is 0.416. The van der Waals surface area contributed by atoms with Gasteiger partial charge in [0, 0.05) is 11.5 Å². The van der Waals surface area contributed by atoms with Crippen LogP contribution in [0.5, 0.6) is 0 Å². The molecule has 3 aromatic rings. The lowest BCUT2D eigenvalue weighted by molar-refractivity contribution is 0.0902. The van der Waals surface area contributed by atoms with Gasteiger partial charge in [0.1, 0.15) is 17.7 Å². The standard InChI is InChI=1S/C16H13FN2O4/c17-9-3-4-10-11(7-15(21)19-12(10)6-9)16(22)18-8-13(20)14-2-1-5-23-14/h1-7,13,20H,8H2,(H,18,22)(H,19,21). The van der Waals surface area contributed by atoms with Crippen molar-refractivity contribution in [3.05, 3.63) is 70.2 Å². The number of nitrogens with one attached hydrogen (secondary N) is 2. The Balaban J connectivity index is 1.85. The van der Waals surface area contributed by atoms with Gasteiger partial charge in [-0.2, -0.15) is 0 Å². The van der Waals surface area contributed by atoms with Crippen molar-refractivity contribution in [1.82, 2.24) is 10.3 Å². The van der Waals surface area contributed by atoms with Gasteiger partial charge in [0.25, 0.3) is 5.91 Å². The highest BCUT2D eigenvalue weighted by Gasteiger charge is 2.15. The molecule has 0 spiro atoms. The number of hydrogen-bond donors (Lipinski definition) is 3. The molecule has 118 valence electrons. The minimum absolute atomic E-state index is 0.0815. The molecule has 1 amide bonds. The fourth-order valence-electron chi connectivity index (χ4n) is 2.29. The second kappa shape index (κ2) is 6.05. The molecule has 7 heteroatoms. The average Bonchev–Trinajstić information content (AvgIpc) is 3.05. The maximum atomic E-state index is 13.2. The summed E-state index contributed by atoms with van der Waals surface area (Å²) in [5.74, 6) is -0.736. The number of carbonyl (C=O) groups is 1. The predicted molar refractivity (Wildman–Crippen MR) is 80.5 cm³/mol. The number of carbonyl (C=O) groups excluding carboxylic acids is 1. The Kier molecular flexibility index (Phi) is 3.94. The van der Waals surface area contributed by atoms with Gasteiger partial charge in [0.15, 0.2) is 0 Å².